The first kappa shape index (κ1) is 49.1. The fourth-order valence-corrected chi connectivity index (χ4v) is 10.4. The number of fused-ring (bicyclic) bond motifs is 1. The van der Waals surface area contributed by atoms with Gasteiger partial charge < -0.3 is 29.5 Å². The second kappa shape index (κ2) is 18.9. The molecule has 22 heteroatoms. The van der Waals surface area contributed by atoms with Crippen molar-refractivity contribution in [3.63, 3.8) is 0 Å². The number of nitrogens with zero attached hydrogens (tertiary/aromatic N) is 4. The predicted molar refractivity (Wildman–Crippen MR) is 252 cm³/mol. The molecule has 3 amide bonds. The topological polar surface area (TPSA) is 195 Å². The molecule has 15 nitrogen and oxygen atoms in total. The van der Waals surface area contributed by atoms with Gasteiger partial charge in [0.1, 0.15) is 40.9 Å². The number of carbonyl (C=O) groups is 3. The van der Waals surface area contributed by atoms with E-state index in [0.717, 1.165) is 0 Å². The van der Waals surface area contributed by atoms with E-state index in [9.17, 15) is 22.8 Å². The van der Waals surface area contributed by atoms with Gasteiger partial charge in [0, 0.05) is 50.2 Å². The molecule has 2 saturated carbocycles. The van der Waals surface area contributed by atoms with Gasteiger partial charge in [-0.2, -0.15) is 0 Å². The Balaban J connectivity index is 0.00000340. The summed E-state index contributed by atoms with van der Waals surface area (Å²) in [5, 5.41) is 14.4. The second-order valence-corrected chi connectivity index (χ2v) is 20.8. The second-order valence-electron chi connectivity index (χ2n) is 16.7. The van der Waals surface area contributed by atoms with E-state index in [1.165, 1.54) is 35.6 Å². The SMILES string of the molecule is C=C[C@@H]1C[C@]1(NC(=O)[C@@H]1C[C@@H](Oc2ncc(OC)c3ccc(Cl)cc23)CN1C(=O)[C@@H](Nc1nc(-c2cc(-c3ccc(Cl)cc3Cl)no2)cs1)C(C)(C)C)C(=O)NS(=O)(=O)C1CC1.Cl.Cl. The minimum absolute atomic E-state index is 0. The molecule has 5 aromatic rings. The molecule has 8 rings (SSSR count). The van der Waals surface area contributed by atoms with Crippen LogP contribution in [-0.2, 0) is 24.4 Å². The van der Waals surface area contributed by atoms with Gasteiger partial charge >= 0.3 is 0 Å². The minimum atomic E-state index is -3.93. The molecule has 2 aliphatic carbocycles. The Hall–Kier alpha value is -4.36. The number of benzene rings is 2. The monoisotopic (exact) mass is 1010 g/mol. The van der Waals surface area contributed by atoms with Crippen LogP contribution in [0.3, 0.4) is 0 Å². The van der Waals surface area contributed by atoms with Gasteiger partial charge in [0.05, 0.1) is 30.1 Å². The average molecular weight is 1020 g/mol. The van der Waals surface area contributed by atoms with Gasteiger partial charge in [0.25, 0.3) is 5.91 Å². The van der Waals surface area contributed by atoms with Crippen LogP contribution in [0.2, 0.25) is 15.1 Å². The Morgan fingerprint density at radius 1 is 1.05 bits per heavy atom. The number of hydrogen-bond donors (Lipinski definition) is 3. The quantitative estimate of drug-likeness (QED) is 0.0901. The third-order valence-corrected chi connectivity index (χ3v) is 14.6. The lowest BCUT2D eigenvalue weighted by molar-refractivity contribution is -0.141. The molecule has 0 unspecified atom stereocenters. The predicted octanol–water partition coefficient (Wildman–Crippen LogP) is 8.37. The van der Waals surface area contributed by atoms with Crippen LogP contribution in [0, 0.1) is 11.3 Å². The Bertz CT molecular complexity index is 2730. The van der Waals surface area contributed by atoms with Crippen LogP contribution in [-0.4, -0.2) is 88.8 Å². The number of pyridine rings is 1. The first-order valence-electron chi connectivity index (χ1n) is 19.7. The van der Waals surface area contributed by atoms with Crippen molar-refractivity contribution in [2.24, 2.45) is 11.3 Å². The number of thiazole rings is 1. The number of sulfonamides is 1. The molecule has 0 spiro atoms. The summed E-state index contributed by atoms with van der Waals surface area (Å²) in [4.78, 5) is 53.8. The zero-order valence-electron chi connectivity index (χ0n) is 34.7. The fourth-order valence-electron chi connectivity index (χ4n) is 7.58. The standard InChI is InChI=1S/C42H42Cl3N7O8S2.2ClH/c1-6-21-17-42(21,39(55)51-62(56,57)25-9-10-25)49-36(53)32-15-24(59-37-28-13-22(43)7-11-26(28)34(58-5)18-46-37)19-52(32)38(54)35(41(2,3)4)48-40-47-31(20-61-40)33-16-30(50-60-33)27-12-8-23(44)14-29(27)45;;/h6-8,11-14,16,18,20-21,24-25,32,35H,1,9-10,15,17,19H2,2-5H3,(H,47,48)(H,49,53)(H,51,55);2*1H/t21-,24-,32+,35-,42-;;/m1../s1. The zero-order valence-corrected chi connectivity index (χ0v) is 40.3. The number of halogens is 5. The Morgan fingerprint density at radius 3 is 2.42 bits per heavy atom. The van der Waals surface area contributed by atoms with E-state index >= 15 is 0 Å². The average Bonchev–Trinajstić information content (AvgIpc) is 4.02. The van der Waals surface area contributed by atoms with Crippen molar-refractivity contribution in [1.82, 2.24) is 30.1 Å². The highest BCUT2D eigenvalue weighted by atomic mass is 35.5. The highest BCUT2D eigenvalue weighted by Gasteiger charge is 2.62. The first-order valence-corrected chi connectivity index (χ1v) is 23.2. The summed E-state index contributed by atoms with van der Waals surface area (Å²) >= 11 is 20.1. The number of amides is 3. The van der Waals surface area contributed by atoms with Gasteiger partial charge in [0.2, 0.25) is 27.7 Å². The van der Waals surface area contributed by atoms with Crippen molar-refractivity contribution < 1.29 is 36.8 Å². The molecule has 1 aliphatic heterocycles. The molecule has 64 heavy (non-hydrogen) atoms. The lowest BCUT2D eigenvalue weighted by Crippen LogP contribution is -2.58. The number of anilines is 1. The summed E-state index contributed by atoms with van der Waals surface area (Å²) in [6.45, 7) is 9.40. The third kappa shape index (κ3) is 9.90. The molecule has 342 valence electrons. The first-order chi connectivity index (χ1) is 29.4. The number of rotatable bonds is 14. The van der Waals surface area contributed by atoms with E-state index in [0.29, 0.717) is 72.3 Å². The van der Waals surface area contributed by atoms with Crippen molar-refractivity contribution >= 4 is 115 Å². The van der Waals surface area contributed by atoms with Crippen LogP contribution < -0.4 is 24.8 Å². The zero-order chi connectivity index (χ0) is 44.3. The van der Waals surface area contributed by atoms with Crippen LogP contribution >= 0.6 is 71.0 Å². The molecule has 4 heterocycles. The number of methoxy groups -OCH3 is 1. The molecular formula is C42H44Cl5N7O8S2. The third-order valence-electron chi connectivity index (χ3n) is 11.2. The van der Waals surface area contributed by atoms with E-state index in [-0.39, 0.29) is 50.1 Å². The Kier molecular flexibility index (Phi) is 14.5. The van der Waals surface area contributed by atoms with Crippen LogP contribution in [0.1, 0.15) is 46.5 Å². The normalized spacial score (nSPS) is 20.9. The number of likely N-dealkylation sites (tertiary alicyclic amines) is 1. The smallest absolute Gasteiger partial charge is 0.259 e. The van der Waals surface area contributed by atoms with E-state index in [2.05, 4.69) is 32.1 Å². The number of carbonyl (C=O) groups excluding carboxylic acids is 3. The van der Waals surface area contributed by atoms with Crippen molar-refractivity contribution in [1.29, 1.82) is 0 Å². The van der Waals surface area contributed by atoms with Crippen molar-refractivity contribution in [2.45, 2.75) is 75.4 Å². The molecule has 2 aromatic carbocycles. The van der Waals surface area contributed by atoms with Crippen molar-refractivity contribution in [3.05, 3.63) is 81.8 Å². The van der Waals surface area contributed by atoms with Gasteiger partial charge in [-0.05, 0) is 61.1 Å². The summed E-state index contributed by atoms with van der Waals surface area (Å²) in [6.07, 6.45) is 3.31. The van der Waals surface area contributed by atoms with E-state index in [1.807, 2.05) is 20.8 Å². The maximum absolute atomic E-state index is 15.0. The molecular weight excluding hydrogens is 972 g/mol. The van der Waals surface area contributed by atoms with Crippen LogP contribution in [0.15, 0.2) is 71.2 Å². The molecule has 5 atom stereocenters. The highest BCUT2D eigenvalue weighted by Crippen LogP contribution is 2.46. The van der Waals surface area contributed by atoms with Gasteiger partial charge in [-0.3, -0.25) is 19.1 Å². The van der Waals surface area contributed by atoms with Gasteiger partial charge in [-0.25, -0.2) is 18.4 Å². The van der Waals surface area contributed by atoms with E-state index < -0.39 is 68.1 Å². The number of ether oxygens (including phenoxy) is 2. The molecule has 3 aliphatic rings. The molecule has 1 saturated heterocycles. The van der Waals surface area contributed by atoms with Crippen LogP contribution in [0.5, 0.6) is 11.6 Å². The summed E-state index contributed by atoms with van der Waals surface area (Å²) < 4.78 is 45.4. The largest absolute Gasteiger partial charge is 0.494 e. The number of aromatic nitrogens is 3. The lowest BCUT2D eigenvalue weighted by Gasteiger charge is -2.35. The molecule has 3 aromatic heterocycles. The van der Waals surface area contributed by atoms with Crippen molar-refractivity contribution in [3.8, 4) is 34.3 Å². The lowest BCUT2D eigenvalue weighted by atomic mass is 9.85. The van der Waals surface area contributed by atoms with Crippen LogP contribution in [0.25, 0.3) is 33.5 Å². The molecule has 3 fully saturated rings. The Morgan fingerprint density at radius 2 is 1.77 bits per heavy atom. The summed E-state index contributed by atoms with van der Waals surface area (Å²) in [5.74, 6) is -1.41. The number of hydrogen-bond acceptors (Lipinski definition) is 13. The van der Waals surface area contributed by atoms with E-state index in [1.54, 1.807) is 47.8 Å². The van der Waals surface area contributed by atoms with E-state index in [4.69, 9.17) is 53.8 Å². The van der Waals surface area contributed by atoms with Gasteiger partial charge in [-0.15, -0.1) is 42.7 Å². The van der Waals surface area contributed by atoms with Gasteiger partial charge in [-0.1, -0.05) is 66.8 Å². The summed E-state index contributed by atoms with van der Waals surface area (Å²) in [7, 11) is -2.40. The minimum Gasteiger partial charge on any atom is -0.494 e. The summed E-state index contributed by atoms with van der Waals surface area (Å²) in [6, 6.07) is 9.86. The maximum Gasteiger partial charge on any atom is 0.259 e. The molecule has 0 radical (unpaired) electrons. The molecule has 0 bridgehead atoms. The maximum atomic E-state index is 15.0. The van der Waals surface area contributed by atoms with Crippen LogP contribution in [0.4, 0.5) is 5.13 Å². The number of nitrogens with one attached hydrogen (secondary N) is 3. The van der Waals surface area contributed by atoms with Crippen molar-refractivity contribution in [2.75, 3.05) is 19.0 Å². The Labute approximate surface area is 400 Å². The molecule has 3 N–H and O–H groups in total. The summed E-state index contributed by atoms with van der Waals surface area (Å²) in [5.41, 5.74) is -0.738. The van der Waals surface area contributed by atoms with Gasteiger partial charge in [0.15, 0.2) is 10.9 Å². The fraction of sp³-hybridized carbons (Fsp3) is 0.381. The highest BCUT2D eigenvalue weighted by molar-refractivity contribution is 7.91.